The van der Waals surface area contributed by atoms with E-state index in [1.54, 1.807) is 87.0 Å². The summed E-state index contributed by atoms with van der Waals surface area (Å²) < 4.78 is 174. The molecule has 16 rings (SSSR count). The maximum absolute atomic E-state index is 13.5. The Morgan fingerprint density at radius 3 is 0.842 bits per heavy atom. The van der Waals surface area contributed by atoms with Gasteiger partial charge in [-0.15, -0.1) is 0 Å². The van der Waals surface area contributed by atoms with Gasteiger partial charge in [0.2, 0.25) is 40.1 Å². The highest BCUT2D eigenvalue weighted by atomic mass is 32.2. The molecule has 4 aliphatic heterocycles. The third kappa shape index (κ3) is 25.2. The van der Waals surface area contributed by atoms with Crippen molar-refractivity contribution in [3.63, 3.8) is 0 Å². The quantitative estimate of drug-likeness (QED) is 0.0261. The molecule has 4 aromatic carbocycles. The molecule has 4 N–H and O–H groups in total. The number of methoxy groups -OCH3 is 4. The zero-order valence-corrected chi connectivity index (χ0v) is 89.8. The summed E-state index contributed by atoms with van der Waals surface area (Å²) in [5.41, 5.74) is 6.73. The monoisotopic (exact) mass is 2100 g/mol. The highest BCUT2D eigenvalue weighted by Gasteiger charge is 2.43. The molecule has 12 aromatic rings. The predicted molar refractivity (Wildman–Crippen MR) is 552 cm³/mol. The third-order valence-corrected chi connectivity index (χ3v) is 32.9. The van der Waals surface area contributed by atoms with Crippen LogP contribution in [0.3, 0.4) is 0 Å². The number of likely N-dealkylation sites (N-methyl/N-ethyl adjacent to an activating group) is 2. The van der Waals surface area contributed by atoms with Crippen LogP contribution in [0.15, 0.2) is 112 Å². The van der Waals surface area contributed by atoms with E-state index in [-0.39, 0.29) is 102 Å². The molecule has 4 aliphatic rings. The predicted octanol–water partition coefficient (Wildman–Crippen LogP) is 8.23. The number of rotatable bonds is 48. The summed E-state index contributed by atoms with van der Waals surface area (Å²) in [6.07, 6.45) is 9.26. The largest absolute Gasteiger partial charge is 0.493 e. The van der Waals surface area contributed by atoms with Crippen LogP contribution in [0.4, 0.5) is 0 Å². The summed E-state index contributed by atoms with van der Waals surface area (Å²) >= 11 is 0. The van der Waals surface area contributed by atoms with E-state index in [1.807, 2.05) is 69.5 Å². The van der Waals surface area contributed by atoms with Gasteiger partial charge in [0, 0.05) is 167 Å². The van der Waals surface area contributed by atoms with Crippen LogP contribution >= 0.6 is 0 Å². The van der Waals surface area contributed by atoms with Gasteiger partial charge < -0.3 is 72.2 Å². The first kappa shape index (κ1) is 112. The Balaban J connectivity index is 0.000000163. The average molecular weight is 2100 g/mol. The van der Waals surface area contributed by atoms with Crippen LogP contribution in [0.5, 0.6) is 23.0 Å². The number of hydrogen-bond donors (Lipinski definition) is 4. The van der Waals surface area contributed by atoms with Crippen molar-refractivity contribution in [1.29, 1.82) is 0 Å². The molecule has 4 fully saturated rings. The molecule has 0 amide bonds. The molecule has 146 heavy (non-hydrogen) atoms. The van der Waals surface area contributed by atoms with Gasteiger partial charge in [-0.3, -0.25) is 42.8 Å². The van der Waals surface area contributed by atoms with E-state index >= 15 is 0 Å². The van der Waals surface area contributed by atoms with Crippen LogP contribution in [0.2, 0.25) is 0 Å². The lowest BCUT2D eigenvalue weighted by Gasteiger charge is -2.43. The summed E-state index contributed by atoms with van der Waals surface area (Å²) in [7, 11) is 2.44. The summed E-state index contributed by atoms with van der Waals surface area (Å²) in [5, 5.41) is 17.8. The number of aryl methyl sites for hydroxylation is 8. The molecule has 0 radical (unpaired) electrons. The number of benzene rings is 4. The fourth-order valence-corrected chi connectivity index (χ4v) is 23.7. The van der Waals surface area contributed by atoms with Gasteiger partial charge in [0.05, 0.1) is 110 Å². The topological polar surface area (TPSA) is 503 Å². The van der Waals surface area contributed by atoms with Crippen molar-refractivity contribution in [1.82, 2.24) is 106 Å². The first-order chi connectivity index (χ1) is 70.0. The van der Waals surface area contributed by atoms with E-state index in [9.17, 15) is 52.8 Å². The van der Waals surface area contributed by atoms with E-state index in [1.165, 1.54) is 78.4 Å². The minimum Gasteiger partial charge on any atom is -0.493 e. The van der Waals surface area contributed by atoms with Gasteiger partial charge in [0.25, 0.3) is 22.2 Å². The van der Waals surface area contributed by atoms with Crippen LogP contribution < -0.4 is 41.2 Å². The second-order valence-corrected chi connectivity index (χ2v) is 43.8. The second-order valence-electron chi connectivity index (χ2n) is 36.0. The molecule has 0 bridgehead atoms. The lowest BCUT2D eigenvalue weighted by Crippen LogP contribution is -2.60. The molecule has 12 heterocycles. The summed E-state index contributed by atoms with van der Waals surface area (Å²) in [5.74, 6) is 2.74. The molecular weight excluding hydrogens is 1970 g/mol. The number of aromatic amines is 4. The Kier molecular flexibility index (Phi) is 38.5. The standard InChI is InChI=1S/C25H36N6O5S.C25H35N5O6S.C24H34N6O5S.C24H33N5O6S/c1-6-9-20-22-23(30(4)28-20)25(32)27-24(26-22)19-14-18(10-11-21(19)36-7-2)37(33,34)31-15-17(16-31)29(3)12-8-13-35-5;1-5-9-20-22-23(29(3)28-20)25(31)27-24(26-22)19-14-18(10-11-21(19)35-6-2)37(32,33)30-15-17(16-30)36-13-8-7-12-34-4;1-6-8-19-21-22(29(4)27-19)24(31)26-23(25-21)18-13-17(9-10-20(18)35-7-2)36(32,33)30-14-16(15-30)28(3)11-12-34-5;1-5-8-19-21-22(28(3)27-19)24(30)26-23(25-21)18-13-17(9-10-20(18)34-6-2)36(31,32)29-14-16(15-29)35-12-7-11-33-4/h10-11,14,17H,6-9,12-13,15-16H2,1-5H3,(H,26,27,32);10-11,14,17H,5-9,12-13,15-16H2,1-4H3,(H,26,27,31);9-10,13,16H,6-8,11-12,14-15H2,1-5H3,(H,25,26,31);9-10,13,16H,5-8,11-12,14-15H2,1-4H3,(H,25,26,30). The van der Waals surface area contributed by atoms with Gasteiger partial charge in [-0.1, -0.05) is 53.4 Å². The summed E-state index contributed by atoms with van der Waals surface area (Å²) in [6.45, 7) is 25.0. The second kappa shape index (κ2) is 50.2. The van der Waals surface area contributed by atoms with Crippen molar-refractivity contribution < 1.29 is 81.0 Å². The molecule has 0 saturated carbocycles. The Morgan fingerprint density at radius 1 is 0.329 bits per heavy atom. The molecule has 796 valence electrons. The Hall–Kier alpha value is -11.2. The average Bonchev–Trinajstić information content (AvgIpc) is 1.21. The van der Waals surface area contributed by atoms with Crippen LogP contribution in [0.1, 0.15) is 130 Å². The summed E-state index contributed by atoms with van der Waals surface area (Å²) in [6, 6.07) is 19.0. The molecule has 4 saturated heterocycles. The number of unbranched alkanes of at least 4 members (excludes halogenated alkanes) is 1. The van der Waals surface area contributed by atoms with E-state index in [0.29, 0.717) is 220 Å². The van der Waals surface area contributed by atoms with Gasteiger partial charge in [-0.2, -0.15) is 37.6 Å². The third-order valence-electron chi connectivity index (χ3n) is 25.6. The van der Waals surface area contributed by atoms with Crippen molar-refractivity contribution in [2.24, 2.45) is 28.2 Å². The normalized spacial score (nSPS) is 14.9. The SMILES string of the molecule is CCCc1nn(C)c2c(=O)[nH]c(-c3cc(S(=O)(=O)N4CC(N(C)CCCOC)C4)ccc3OCC)nc12.CCCc1nn(C)c2c(=O)[nH]c(-c3cc(S(=O)(=O)N4CC(N(C)CCOC)C4)ccc3OCC)nc12.CCCc1nn(C)c2c(=O)[nH]c(-c3cc(S(=O)(=O)N4CC(OCCCCOC)C4)ccc3OCC)nc12.CCCc1nn(C)c2c(=O)[nH]c(-c3cc(S(=O)(=O)N4CC(OCCCOC)C4)ccc3OCC)nc12. The Morgan fingerprint density at radius 2 is 0.575 bits per heavy atom. The maximum Gasteiger partial charge on any atom is 0.277 e. The maximum atomic E-state index is 13.5. The first-order valence-corrected chi connectivity index (χ1v) is 55.3. The zero-order chi connectivity index (χ0) is 105. The minimum atomic E-state index is -3.76. The number of hydrogen-bond acceptors (Lipinski definition) is 32. The number of fused-ring (bicyclic) bond motifs is 4. The molecule has 0 atom stereocenters. The lowest BCUT2D eigenvalue weighted by molar-refractivity contribution is -0.0257. The van der Waals surface area contributed by atoms with E-state index in [0.717, 1.165) is 87.2 Å². The summed E-state index contributed by atoms with van der Waals surface area (Å²) in [4.78, 5) is 86.6. The molecule has 0 unspecified atom stereocenters. The van der Waals surface area contributed by atoms with E-state index < -0.39 is 40.1 Å². The van der Waals surface area contributed by atoms with Crippen LogP contribution in [0, 0.1) is 0 Å². The number of nitrogens with one attached hydrogen (secondary N) is 4. The molecular formula is C98H138N22O22S4. The Labute approximate surface area is 850 Å². The first-order valence-electron chi connectivity index (χ1n) is 49.5. The molecule has 48 heteroatoms. The van der Waals surface area contributed by atoms with E-state index in [2.05, 4.69) is 50.1 Å². The van der Waals surface area contributed by atoms with Gasteiger partial charge >= 0.3 is 0 Å². The minimum absolute atomic E-state index is 0.0986. The van der Waals surface area contributed by atoms with Crippen LogP contribution in [-0.4, -0.2) is 338 Å². The van der Waals surface area contributed by atoms with Crippen LogP contribution in [-0.2, 0) is 122 Å². The van der Waals surface area contributed by atoms with Crippen molar-refractivity contribution in [3.8, 4) is 68.5 Å². The molecule has 8 aromatic heterocycles. The highest BCUT2D eigenvalue weighted by Crippen LogP contribution is 2.40. The number of aromatic nitrogens is 16. The number of ether oxygens (including phenoxy) is 10. The highest BCUT2D eigenvalue weighted by molar-refractivity contribution is 7.90. The smallest absolute Gasteiger partial charge is 0.277 e. The molecule has 44 nitrogen and oxygen atoms in total. The zero-order valence-electron chi connectivity index (χ0n) is 86.5. The molecule has 0 aliphatic carbocycles. The van der Waals surface area contributed by atoms with Crippen molar-refractivity contribution in [3.05, 3.63) is 137 Å². The number of sulfonamides is 4. The molecule has 0 spiro atoms. The fourth-order valence-electron chi connectivity index (χ4n) is 17.6. The number of nitrogens with zero attached hydrogens (tertiary/aromatic N) is 18. The van der Waals surface area contributed by atoms with Gasteiger partial charge in [-0.05, 0) is 166 Å². The van der Waals surface area contributed by atoms with E-state index in [4.69, 9.17) is 67.3 Å². The van der Waals surface area contributed by atoms with Gasteiger partial charge in [0.15, 0.2) is 22.1 Å². The van der Waals surface area contributed by atoms with Crippen LogP contribution in [0.25, 0.3) is 89.7 Å². The number of H-pyrrole nitrogens is 4. The fraction of sp³-hybridized carbons (Fsp3) is 0.551. The van der Waals surface area contributed by atoms with Crippen molar-refractivity contribution in [2.45, 2.75) is 176 Å². The van der Waals surface area contributed by atoms with Gasteiger partial charge in [-0.25, -0.2) is 53.6 Å². The lowest BCUT2D eigenvalue weighted by atomic mass is 10.1. The van der Waals surface area contributed by atoms with Gasteiger partial charge in [0.1, 0.15) is 68.4 Å². The van der Waals surface area contributed by atoms with Crippen molar-refractivity contribution >= 4 is 84.2 Å². The van der Waals surface area contributed by atoms with Crippen molar-refractivity contribution in [2.75, 3.05) is 174 Å². The Bertz CT molecular complexity index is 7290.